The first-order valence-electron chi connectivity index (χ1n) is 17.4. The molecule has 0 fully saturated rings. The molecule has 0 atom stereocenters. The number of para-hydroxylation sites is 1. The maximum absolute atomic E-state index is 11.2. The minimum atomic E-state index is -0.143. The molecule has 3 heterocycles. The molecule has 0 amide bonds. The SMILES string of the molecule is CC(C)(C)c1ccc(-n2c(-c3[c-]c(-c4cc(C(C)(C)C)nc5cccnc45)ccc3)nc3c(-c4cc(C(C)(C)C)ccc4O)cccc32)cc1.[Pt]. The van der Waals surface area contributed by atoms with Crippen LogP contribution in [-0.4, -0.2) is 24.6 Å². The van der Waals surface area contributed by atoms with Gasteiger partial charge in [-0.25, -0.2) is 0 Å². The van der Waals surface area contributed by atoms with Crippen LogP contribution in [0.3, 0.4) is 0 Å². The van der Waals surface area contributed by atoms with Crippen LogP contribution in [0.5, 0.6) is 5.75 Å². The molecule has 3 aromatic heterocycles. The summed E-state index contributed by atoms with van der Waals surface area (Å²) in [5, 5.41) is 11.2. The van der Waals surface area contributed by atoms with Gasteiger partial charge in [-0.2, -0.15) is 0 Å². The molecule has 7 rings (SSSR count). The van der Waals surface area contributed by atoms with E-state index in [4.69, 9.17) is 15.0 Å². The molecule has 0 unspecified atom stereocenters. The van der Waals surface area contributed by atoms with Crippen molar-refractivity contribution in [3.05, 3.63) is 126 Å². The smallest absolute Gasteiger partial charge is 0.123 e. The minimum absolute atomic E-state index is 0. The normalized spacial score (nSPS) is 12.3. The number of phenols is 1. The Morgan fingerprint density at radius 2 is 1.25 bits per heavy atom. The van der Waals surface area contributed by atoms with E-state index in [1.807, 2.05) is 24.4 Å². The molecule has 0 bridgehead atoms. The summed E-state index contributed by atoms with van der Waals surface area (Å²) in [6.07, 6.45) is 1.82. The minimum Gasteiger partial charge on any atom is -0.507 e. The zero-order chi connectivity index (χ0) is 35.6. The van der Waals surface area contributed by atoms with Gasteiger partial charge in [-0.3, -0.25) is 15.0 Å². The van der Waals surface area contributed by atoms with Gasteiger partial charge < -0.3 is 9.67 Å². The van der Waals surface area contributed by atoms with E-state index < -0.39 is 0 Å². The van der Waals surface area contributed by atoms with Gasteiger partial charge in [-0.15, -0.1) is 29.8 Å². The second kappa shape index (κ2) is 13.2. The average molecular weight is 853 g/mol. The molecule has 0 aliphatic carbocycles. The summed E-state index contributed by atoms with van der Waals surface area (Å²) in [5.41, 5.74) is 12.1. The van der Waals surface area contributed by atoms with Crippen molar-refractivity contribution in [1.82, 2.24) is 19.5 Å². The Hall–Kier alpha value is -4.60. The first kappa shape index (κ1) is 36.2. The van der Waals surface area contributed by atoms with Gasteiger partial charge in [0, 0.05) is 55.2 Å². The standard InChI is InChI=1S/C45H45N4O.Pt/c1-43(2,3)30-18-21-32(22-19-30)49-37-17-11-15-33(35-26-31(44(4,5)6)20-23-38(35)50)41(37)48-42(49)29-14-10-13-28(25-29)34-27-39(45(7,8)9)47-36-16-12-24-46-40(34)36;/h10-24,26-27,50H,1-9H3;/q-1;. The number of fused-ring (bicyclic) bond motifs is 2. The van der Waals surface area contributed by atoms with E-state index in [2.05, 4.69) is 146 Å². The molecule has 51 heavy (non-hydrogen) atoms. The molecule has 5 nitrogen and oxygen atoms in total. The first-order chi connectivity index (χ1) is 23.6. The van der Waals surface area contributed by atoms with Crippen LogP contribution in [0.4, 0.5) is 0 Å². The van der Waals surface area contributed by atoms with Gasteiger partial charge in [0.2, 0.25) is 0 Å². The molecule has 7 aromatic rings. The van der Waals surface area contributed by atoms with Crippen molar-refractivity contribution in [2.75, 3.05) is 0 Å². The van der Waals surface area contributed by atoms with Crippen molar-refractivity contribution < 1.29 is 26.2 Å². The number of hydrogen-bond acceptors (Lipinski definition) is 4. The van der Waals surface area contributed by atoms with E-state index in [0.29, 0.717) is 0 Å². The largest absolute Gasteiger partial charge is 0.507 e. The maximum atomic E-state index is 11.2. The number of rotatable bonds is 4. The molecular formula is C45H45N4OPt-. The number of benzene rings is 4. The number of aromatic hydroxyl groups is 1. The van der Waals surface area contributed by atoms with Crippen molar-refractivity contribution in [1.29, 1.82) is 0 Å². The molecule has 0 aliphatic rings. The Morgan fingerprint density at radius 1 is 0.588 bits per heavy atom. The Bertz CT molecular complexity index is 2390. The molecule has 0 aliphatic heterocycles. The van der Waals surface area contributed by atoms with Crippen molar-refractivity contribution in [2.24, 2.45) is 0 Å². The summed E-state index contributed by atoms with van der Waals surface area (Å²) >= 11 is 0. The van der Waals surface area contributed by atoms with Crippen LogP contribution in [-0.2, 0) is 37.3 Å². The van der Waals surface area contributed by atoms with Crippen molar-refractivity contribution in [3.63, 3.8) is 0 Å². The first-order valence-corrected chi connectivity index (χ1v) is 17.4. The van der Waals surface area contributed by atoms with Crippen molar-refractivity contribution >= 4 is 22.1 Å². The fourth-order valence-corrected chi connectivity index (χ4v) is 6.50. The van der Waals surface area contributed by atoms with Gasteiger partial charge in [-0.1, -0.05) is 110 Å². The van der Waals surface area contributed by atoms with Crippen LogP contribution < -0.4 is 0 Å². The molecular weight excluding hydrogens is 808 g/mol. The summed E-state index contributed by atoms with van der Waals surface area (Å²) in [4.78, 5) is 15.1. The maximum Gasteiger partial charge on any atom is 0.123 e. The van der Waals surface area contributed by atoms with Gasteiger partial charge in [0.1, 0.15) is 5.75 Å². The van der Waals surface area contributed by atoms with E-state index in [-0.39, 0.29) is 43.1 Å². The fourth-order valence-electron chi connectivity index (χ4n) is 6.50. The second-order valence-corrected chi connectivity index (χ2v) is 16.4. The van der Waals surface area contributed by atoms with E-state index in [1.165, 1.54) is 5.56 Å². The Kier molecular flexibility index (Phi) is 9.36. The molecule has 1 N–H and O–H groups in total. The number of hydrogen-bond donors (Lipinski definition) is 1. The Morgan fingerprint density at radius 3 is 1.94 bits per heavy atom. The molecule has 0 saturated heterocycles. The van der Waals surface area contributed by atoms with Crippen LogP contribution in [0.1, 0.15) is 79.1 Å². The van der Waals surface area contributed by atoms with Gasteiger partial charge in [0.25, 0.3) is 0 Å². The molecule has 4 aromatic carbocycles. The van der Waals surface area contributed by atoms with E-state index in [0.717, 1.165) is 72.7 Å². The third kappa shape index (κ3) is 6.89. The topological polar surface area (TPSA) is 63.8 Å². The van der Waals surface area contributed by atoms with E-state index >= 15 is 0 Å². The summed E-state index contributed by atoms with van der Waals surface area (Å²) in [5.74, 6) is 1.00. The summed E-state index contributed by atoms with van der Waals surface area (Å²) < 4.78 is 2.22. The fraction of sp³-hybridized carbons (Fsp3) is 0.267. The van der Waals surface area contributed by atoms with Crippen molar-refractivity contribution in [2.45, 2.75) is 78.6 Å². The summed E-state index contributed by atoms with van der Waals surface area (Å²) in [6.45, 7) is 19.8. The summed E-state index contributed by atoms with van der Waals surface area (Å²) in [7, 11) is 0. The molecule has 262 valence electrons. The number of pyridine rings is 2. The van der Waals surface area contributed by atoms with Gasteiger partial charge in [-0.05, 0) is 64.4 Å². The second-order valence-electron chi connectivity index (χ2n) is 16.4. The molecule has 6 heteroatoms. The van der Waals surface area contributed by atoms with Gasteiger partial charge in [0.05, 0.1) is 27.9 Å². The van der Waals surface area contributed by atoms with Gasteiger partial charge >= 0.3 is 0 Å². The average Bonchev–Trinajstić information content (AvgIpc) is 3.47. The van der Waals surface area contributed by atoms with Crippen LogP contribution in [0, 0.1) is 6.07 Å². The Balaban J connectivity index is 0.00000448. The quantitative estimate of drug-likeness (QED) is 0.179. The number of aromatic nitrogens is 4. The van der Waals surface area contributed by atoms with Gasteiger partial charge in [0.15, 0.2) is 0 Å². The van der Waals surface area contributed by atoms with Crippen molar-refractivity contribution in [3.8, 4) is 45.1 Å². The third-order valence-electron chi connectivity index (χ3n) is 9.49. The van der Waals surface area contributed by atoms with Crippen LogP contribution in [0.2, 0.25) is 0 Å². The monoisotopic (exact) mass is 852 g/mol. The molecule has 0 saturated carbocycles. The third-order valence-corrected chi connectivity index (χ3v) is 9.49. The van der Waals surface area contributed by atoms with Crippen LogP contribution in [0.25, 0.3) is 61.4 Å². The molecule has 0 radical (unpaired) electrons. The van der Waals surface area contributed by atoms with Crippen LogP contribution >= 0.6 is 0 Å². The van der Waals surface area contributed by atoms with Crippen LogP contribution in [0.15, 0.2) is 103 Å². The molecule has 0 spiro atoms. The summed E-state index contributed by atoms with van der Waals surface area (Å²) in [6, 6.07) is 37.0. The zero-order valence-corrected chi connectivity index (χ0v) is 33.1. The predicted octanol–water partition coefficient (Wildman–Crippen LogP) is 11.4. The zero-order valence-electron chi connectivity index (χ0n) is 30.9. The van der Waals surface area contributed by atoms with E-state index in [1.54, 1.807) is 6.07 Å². The Labute approximate surface area is 316 Å². The number of phenolic OH excluding ortho intramolecular Hbond substituents is 1. The number of nitrogens with zero attached hydrogens (tertiary/aromatic N) is 4. The number of imidazole rings is 1. The van der Waals surface area contributed by atoms with E-state index in [9.17, 15) is 5.11 Å². The predicted molar refractivity (Wildman–Crippen MR) is 207 cm³/mol.